The van der Waals surface area contributed by atoms with E-state index in [0.29, 0.717) is 23.9 Å². The number of hydrogen-bond donors (Lipinski definition) is 3. The number of carbonyl (C=O) groups excluding carboxylic acids is 2. The molecule has 0 radical (unpaired) electrons. The van der Waals surface area contributed by atoms with Crippen molar-refractivity contribution < 1.29 is 14.3 Å². The van der Waals surface area contributed by atoms with Crippen molar-refractivity contribution >= 4 is 29.5 Å². The Morgan fingerprint density at radius 2 is 1.69 bits per heavy atom. The zero-order chi connectivity index (χ0) is 24.8. The molecule has 0 bridgehead atoms. The summed E-state index contributed by atoms with van der Waals surface area (Å²) in [5.74, 6) is 1.38. The molecule has 1 aromatic carbocycles. The van der Waals surface area contributed by atoms with E-state index in [2.05, 4.69) is 20.9 Å². The summed E-state index contributed by atoms with van der Waals surface area (Å²) in [6.45, 7) is 2.10. The number of ether oxygens (including phenoxy) is 1. The highest BCUT2D eigenvalue weighted by Gasteiger charge is 2.25. The van der Waals surface area contributed by atoms with Gasteiger partial charge in [0.05, 0.1) is 17.9 Å². The third-order valence-electron chi connectivity index (χ3n) is 6.63. The molecular formula is C26H36N6O3. The van der Waals surface area contributed by atoms with Gasteiger partial charge in [0, 0.05) is 37.4 Å². The number of urea groups is 1. The number of esters is 1. The molecule has 0 saturated heterocycles. The first-order valence-electron chi connectivity index (χ1n) is 12.6. The highest BCUT2D eigenvalue weighted by Crippen LogP contribution is 2.29. The minimum absolute atomic E-state index is 0.119. The van der Waals surface area contributed by atoms with E-state index in [1.807, 2.05) is 14.1 Å². The molecule has 2 amide bonds. The van der Waals surface area contributed by atoms with Crippen LogP contribution in [0.1, 0.15) is 67.1 Å². The van der Waals surface area contributed by atoms with Gasteiger partial charge < -0.3 is 25.6 Å². The molecule has 1 heterocycles. The van der Waals surface area contributed by atoms with Gasteiger partial charge in [-0.15, -0.1) is 0 Å². The van der Waals surface area contributed by atoms with Crippen molar-refractivity contribution in [2.75, 3.05) is 36.2 Å². The number of nitrogens with one attached hydrogen (secondary N) is 3. The van der Waals surface area contributed by atoms with Crippen molar-refractivity contribution in [1.29, 1.82) is 0 Å². The summed E-state index contributed by atoms with van der Waals surface area (Å²) >= 11 is 0. The Balaban J connectivity index is 1.26. The van der Waals surface area contributed by atoms with Gasteiger partial charge in [-0.3, -0.25) is 0 Å². The van der Waals surface area contributed by atoms with Gasteiger partial charge in [-0.1, -0.05) is 0 Å². The Hall–Kier alpha value is -3.36. The normalized spacial score (nSPS) is 19.3. The van der Waals surface area contributed by atoms with E-state index in [4.69, 9.17) is 14.7 Å². The lowest BCUT2D eigenvalue weighted by Crippen LogP contribution is -2.42. The molecule has 4 rings (SSSR count). The molecule has 0 aliphatic heterocycles. The van der Waals surface area contributed by atoms with Gasteiger partial charge in [0.1, 0.15) is 5.82 Å². The van der Waals surface area contributed by atoms with Crippen molar-refractivity contribution in [2.24, 2.45) is 0 Å². The fourth-order valence-electron chi connectivity index (χ4n) is 4.83. The average molecular weight is 481 g/mol. The number of carbonyl (C=O) groups is 2. The number of aryl methyl sites for hydroxylation is 1. The highest BCUT2D eigenvalue weighted by molar-refractivity contribution is 5.92. The van der Waals surface area contributed by atoms with Crippen LogP contribution >= 0.6 is 0 Å². The quantitative estimate of drug-likeness (QED) is 0.511. The minimum Gasteiger partial charge on any atom is -0.462 e. The minimum atomic E-state index is -0.368. The Morgan fingerprint density at radius 3 is 2.37 bits per heavy atom. The van der Waals surface area contributed by atoms with Gasteiger partial charge in [0.15, 0.2) is 0 Å². The molecular weight excluding hydrogens is 444 g/mol. The van der Waals surface area contributed by atoms with E-state index < -0.39 is 0 Å². The second-order valence-corrected chi connectivity index (χ2v) is 9.49. The topological polar surface area (TPSA) is 108 Å². The molecule has 35 heavy (non-hydrogen) atoms. The average Bonchev–Trinajstić information content (AvgIpc) is 2.85. The smallest absolute Gasteiger partial charge is 0.338 e. The van der Waals surface area contributed by atoms with Gasteiger partial charge in [-0.25, -0.2) is 14.6 Å². The first-order chi connectivity index (χ1) is 16.9. The van der Waals surface area contributed by atoms with Crippen molar-refractivity contribution in [2.45, 2.75) is 70.4 Å². The van der Waals surface area contributed by atoms with E-state index in [1.54, 1.807) is 31.2 Å². The maximum atomic E-state index is 12.5. The molecule has 188 valence electrons. The van der Waals surface area contributed by atoms with Crippen molar-refractivity contribution in [3.05, 3.63) is 41.1 Å². The van der Waals surface area contributed by atoms with E-state index in [1.165, 1.54) is 24.1 Å². The fraction of sp³-hybridized carbons (Fsp3) is 0.538. The molecule has 0 atom stereocenters. The number of amides is 2. The lowest BCUT2D eigenvalue weighted by molar-refractivity contribution is 0.0526. The Labute approximate surface area is 207 Å². The molecule has 0 spiro atoms. The zero-order valence-corrected chi connectivity index (χ0v) is 20.9. The van der Waals surface area contributed by atoms with Gasteiger partial charge in [-0.2, -0.15) is 4.98 Å². The first kappa shape index (κ1) is 24.8. The summed E-state index contributed by atoms with van der Waals surface area (Å²) in [7, 11) is 4.08. The summed E-state index contributed by atoms with van der Waals surface area (Å²) in [6.07, 6.45) is 8.12. The third-order valence-corrected chi connectivity index (χ3v) is 6.63. The largest absolute Gasteiger partial charge is 0.462 e. The van der Waals surface area contributed by atoms with Gasteiger partial charge in [0.25, 0.3) is 0 Å². The van der Waals surface area contributed by atoms with Crippen LogP contribution in [0.3, 0.4) is 0 Å². The summed E-state index contributed by atoms with van der Waals surface area (Å²) in [4.78, 5) is 35.9. The lowest BCUT2D eigenvalue weighted by Gasteiger charge is -2.30. The molecule has 2 aromatic rings. The van der Waals surface area contributed by atoms with E-state index in [9.17, 15) is 9.59 Å². The summed E-state index contributed by atoms with van der Waals surface area (Å²) in [6, 6.07) is 6.88. The molecule has 2 aliphatic rings. The highest BCUT2D eigenvalue weighted by atomic mass is 16.5. The molecule has 1 aromatic heterocycles. The first-order valence-corrected chi connectivity index (χ1v) is 12.6. The summed E-state index contributed by atoms with van der Waals surface area (Å²) in [5.41, 5.74) is 3.57. The number of aromatic nitrogens is 2. The Morgan fingerprint density at radius 1 is 1.00 bits per heavy atom. The van der Waals surface area contributed by atoms with Crippen molar-refractivity contribution in [1.82, 2.24) is 15.3 Å². The summed E-state index contributed by atoms with van der Waals surface area (Å²) in [5, 5.41) is 9.46. The van der Waals surface area contributed by atoms with E-state index in [0.717, 1.165) is 50.3 Å². The summed E-state index contributed by atoms with van der Waals surface area (Å²) < 4.78 is 4.98. The number of anilines is 3. The fourth-order valence-corrected chi connectivity index (χ4v) is 4.83. The molecule has 2 aliphatic carbocycles. The van der Waals surface area contributed by atoms with Crippen LogP contribution in [0.5, 0.6) is 0 Å². The number of benzene rings is 1. The zero-order valence-electron chi connectivity index (χ0n) is 20.9. The van der Waals surface area contributed by atoms with Crippen LogP contribution in [0.4, 0.5) is 22.2 Å². The lowest BCUT2D eigenvalue weighted by atomic mass is 9.91. The number of hydrogen-bond acceptors (Lipinski definition) is 7. The maximum absolute atomic E-state index is 12.5. The second kappa shape index (κ2) is 11.4. The number of fused-ring (bicyclic) bond motifs is 1. The Bertz CT molecular complexity index is 1030. The second-order valence-electron chi connectivity index (χ2n) is 9.49. The monoisotopic (exact) mass is 480 g/mol. The van der Waals surface area contributed by atoms with Crippen LogP contribution in [-0.2, 0) is 17.6 Å². The molecule has 1 saturated carbocycles. The van der Waals surface area contributed by atoms with Crippen LogP contribution in [0, 0.1) is 0 Å². The maximum Gasteiger partial charge on any atom is 0.338 e. The molecule has 0 unspecified atom stereocenters. The van der Waals surface area contributed by atoms with E-state index in [-0.39, 0.29) is 18.0 Å². The molecule has 9 nitrogen and oxygen atoms in total. The van der Waals surface area contributed by atoms with Gasteiger partial charge in [0.2, 0.25) is 5.95 Å². The molecule has 3 N–H and O–H groups in total. The number of nitrogens with zero attached hydrogens (tertiary/aromatic N) is 3. The van der Waals surface area contributed by atoms with Crippen LogP contribution in [-0.4, -0.2) is 54.8 Å². The third kappa shape index (κ3) is 6.41. The Kier molecular flexibility index (Phi) is 8.05. The van der Waals surface area contributed by atoms with Crippen LogP contribution in [0.2, 0.25) is 0 Å². The predicted molar refractivity (Wildman–Crippen MR) is 137 cm³/mol. The standard InChI is InChI=1S/C26H36N6O3/c1-4-35-24(33)17-9-11-19(12-10-17)28-26(34)29-20-15-13-18(14-16-20)27-25-30-22-8-6-5-7-21(22)23(31-25)32(2)3/h9-12,18,20H,4-8,13-16H2,1-3H3,(H,27,30,31)(H2,28,29,34). The SMILES string of the molecule is CCOC(=O)c1ccc(NC(=O)NC2CCC(Nc3nc4c(c(N(C)C)n3)CCCC4)CC2)cc1. The van der Waals surface area contributed by atoms with Crippen LogP contribution in [0.15, 0.2) is 24.3 Å². The van der Waals surface area contributed by atoms with E-state index >= 15 is 0 Å². The van der Waals surface area contributed by atoms with Crippen molar-refractivity contribution in [3.63, 3.8) is 0 Å². The van der Waals surface area contributed by atoms with Gasteiger partial charge in [-0.05, 0) is 82.6 Å². The predicted octanol–water partition coefficient (Wildman–Crippen LogP) is 4.14. The van der Waals surface area contributed by atoms with Crippen LogP contribution in [0.25, 0.3) is 0 Å². The number of rotatable bonds is 7. The van der Waals surface area contributed by atoms with Gasteiger partial charge >= 0.3 is 12.0 Å². The molecule has 1 fully saturated rings. The van der Waals surface area contributed by atoms with Crippen molar-refractivity contribution in [3.8, 4) is 0 Å². The molecule has 9 heteroatoms. The van der Waals surface area contributed by atoms with Crippen LogP contribution < -0.4 is 20.9 Å².